The monoisotopic (exact) mass is 338 g/mol. The van der Waals surface area contributed by atoms with E-state index in [0.29, 0.717) is 12.5 Å². The van der Waals surface area contributed by atoms with E-state index in [0.717, 1.165) is 23.4 Å². The molecule has 4 atom stereocenters. The van der Waals surface area contributed by atoms with Crippen molar-refractivity contribution in [2.75, 3.05) is 7.11 Å². The number of benzene rings is 1. The minimum atomic E-state index is -0.112. The molecule has 2 bridgehead atoms. The minimum absolute atomic E-state index is 0.0365. The molecular weight excluding hydrogens is 316 g/mol. The number of amides is 1. The van der Waals surface area contributed by atoms with Crippen molar-refractivity contribution in [3.8, 4) is 11.4 Å². The highest BCUT2D eigenvalue weighted by atomic mass is 16.5. The maximum Gasteiger partial charge on any atom is 0.225 e. The Bertz CT molecular complexity index is 813. The number of carbonyl (C=O) groups excluding carboxylic acids is 1. The standard InChI is InChI=1S/C19H22N4O2/c1-25-16-5-3-2-4-15(16)23-11-12(10-22-23)9-21-19(24)17-13-6-7-14(8-13)18(17)20/h2-7,10-11,13-14,17-18H,8-9,20H2,1H3,(H,21,24)/t13-,14+,17-,18+/m0/s1. The molecule has 3 N–H and O–H groups in total. The van der Waals surface area contributed by atoms with Crippen LogP contribution in [0.1, 0.15) is 12.0 Å². The van der Waals surface area contributed by atoms with Gasteiger partial charge in [0, 0.05) is 24.3 Å². The van der Waals surface area contributed by atoms with Crippen LogP contribution < -0.4 is 15.8 Å². The molecule has 0 unspecified atom stereocenters. The van der Waals surface area contributed by atoms with Gasteiger partial charge in [-0.25, -0.2) is 4.68 Å². The number of rotatable bonds is 5. The van der Waals surface area contributed by atoms with Crippen LogP contribution in [0.25, 0.3) is 5.69 Å². The van der Waals surface area contributed by atoms with E-state index in [2.05, 4.69) is 22.6 Å². The predicted molar refractivity (Wildman–Crippen MR) is 94.2 cm³/mol. The zero-order chi connectivity index (χ0) is 17.4. The van der Waals surface area contributed by atoms with Gasteiger partial charge in [-0.2, -0.15) is 5.10 Å². The lowest BCUT2D eigenvalue weighted by atomic mass is 9.89. The Kier molecular flexibility index (Phi) is 4.05. The van der Waals surface area contributed by atoms with Gasteiger partial charge in [0.2, 0.25) is 5.91 Å². The molecule has 25 heavy (non-hydrogen) atoms. The lowest BCUT2D eigenvalue weighted by molar-refractivity contribution is -0.126. The van der Waals surface area contributed by atoms with Crippen LogP contribution in [0.2, 0.25) is 0 Å². The van der Waals surface area contributed by atoms with Crippen LogP contribution in [0.15, 0.2) is 48.8 Å². The fourth-order valence-corrected chi connectivity index (χ4v) is 3.94. The van der Waals surface area contributed by atoms with Crippen molar-refractivity contribution in [3.05, 3.63) is 54.4 Å². The summed E-state index contributed by atoms with van der Waals surface area (Å²) < 4.78 is 7.12. The highest BCUT2D eigenvalue weighted by molar-refractivity contribution is 5.81. The number of carbonyl (C=O) groups is 1. The highest BCUT2D eigenvalue weighted by Crippen LogP contribution is 2.42. The van der Waals surface area contributed by atoms with E-state index in [1.165, 1.54) is 0 Å². The lowest BCUT2D eigenvalue weighted by Crippen LogP contribution is -2.43. The molecule has 6 nitrogen and oxygen atoms in total. The van der Waals surface area contributed by atoms with Gasteiger partial charge >= 0.3 is 0 Å². The number of hydrogen-bond donors (Lipinski definition) is 2. The summed E-state index contributed by atoms with van der Waals surface area (Å²) in [5.74, 6) is 1.32. The van der Waals surface area contributed by atoms with Crippen molar-refractivity contribution in [1.82, 2.24) is 15.1 Å². The number of nitrogens with one attached hydrogen (secondary N) is 1. The molecule has 4 rings (SSSR count). The first-order valence-corrected chi connectivity index (χ1v) is 8.56. The van der Waals surface area contributed by atoms with E-state index in [-0.39, 0.29) is 23.8 Å². The Morgan fingerprint density at radius 1 is 1.36 bits per heavy atom. The van der Waals surface area contributed by atoms with Gasteiger partial charge in [-0.1, -0.05) is 24.3 Å². The van der Waals surface area contributed by atoms with Crippen molar-refractivity contribution in [3.63, 3.8) is 0 Å². The van der Waals surface area contributed by atoms with E-state index in [1.54, 1.807) is 18.0 Å². The Labute approximate surface area is 146 Å². The molecule has 1 amide bonds. The third kappa shape index (κ3) is 2.82. The van der Waals surface area contributed by atoms with Crippen molar-refractivity contribution in [1.29, 1.82) is 0 Å². The van der Waals surface area contributed by atoms with Crippen LogP contribution in [0.4, 0.5) is 0 Å². The largest absolute Gasteiger partial charge is 0.494 e. The smallest absolute Gasteiger partial charge is 0.225 e. The molecule has 1 fully saturated rings. The van der Waals surface area contributed by atoms with E-state index in [4.69, 9.17) is 10.5 Å². The number of nitrogens with zero attached hydrogens (tertiary/aromatic N) is 2. The molecule has 1 heterocycles. The van der Waals surface area contributed by atoms with Crippen LogP contribution in [-0.2, 0) is 11.3 Å². The van der Waals surface area contributed by atoms with Crippen LogP contribution in [0.3, 0.4) is 0 Å². The van der Waals surface area contributed by atoms with Crippen molar-refractivity contribution >= 4 is 5.91 Å². The summed E-state index contributed by atoms with van der Waals surface area (Å²) in [4.78, 5) is 12.5. The van der Waals surface area contributed by atoms with Gasteiger partial charge < -0.3 is 15.8 Å². The third-order valence-electron chi connectivity index (χ3n) is 5.26. The van der Waals surface area contributed by atoms with Crippen molar-refractivity contribution in [2.24, 2.45) is 23.5 Å². The average molecular weight is 338 g/mol. The SMILES string of the molecule is COc1ccccc1-n1cc(CNC(=O)[C@@H]2[C@H](N)[C@@H]3C=C[C@H]2C3)cn1. The zero-order valence-corrected chi connectivity index (χ0v) is 14.1. The molecular formula is C19H22N4O2. The average Bonchev–Trinajstić information content (AvgIpc) is 3.35. The Balaban J connectivity index is 1.42. The van der Waals surface area contributed by atoms with E-state index in [9.17, 15) is 4.79 Å². The topological polar surface area (TPSA) is 82.2 Å². The van der Waals surface area contributed by atoms with Crippen LogP contribution in [0.5, 0.6) is 5.75 Å². The third-order valence-corrected chi connectivity index (χ3v) is 5.26. The number of hydrogen-bond acceptors (Lipinski definition) is 4. The van der Waals surface area contributed by atoms with Crippen LogP contribution in [0, 0.1) is 17.8 Å². The van der Waals surface area contributed by atoms with Crippen molar-refractivity contribution in [2.45, 2.75) is 19.0 Å². The fraction of sp³-hybridized carbons (Fsp3) is 0.368. The first kappa shape index (κ1) is 15.9. The molecule has 0 saturated heterocycles. The summed E-state index contributed by atoms with van der Waals surface area (Å²) >= 11 is 0. The maximum atomic E-state index is 12.5. The molecule has 2 aromatic rings. The lowest BCUT2D eigenvalue weighted by Gasteiger charge is -2.23. The van der Waals surface area contributed by atoms with Gasteiger partial charge in [-0.05, 0) is 30.4 Å². The number of ether oxygens (including phenoxy) is 1. The molecule has 130 valence electrons. The number of allylic oxidation sites excluding steroid dienone is 1. The Morgan fingerprint density at radius 2 is 2.16 bits per heavy atom. The van der Waals surface area contributed by atoms with Gasteiger partial charge in [0.25, 0.3) is 0 Å². The quantitative estimate of drug-likeness (QED) is 0.812. The second-order valence-electron chi connectivity index (χ2n) is 6.73. The molecule has 2 aliphatic carbocycles. The first-order chi connectivity index (χ1) is 12.2. The normalized spacial score (nSPS) is 26.8. The van der Waals surface area contributed by atoms with Gasteiger partial charge in [-0.15, -0.1) is 0 Å². The summed E-state index contributed by atoms with van der Waals surface area (Å²) in [5, 5.41) is 7.39. The maximum absolute atomic E-state index is 12.5. The predicted octanol–water partition coefficient (Wildman–Crippen LogP) is 1.65. The number of nitrogens with two attached hydrogens (primary N) is 1. The molecule has 1 aromatic carbocycles. The summed E-state index contributed by atoms with van der Waals surface area (Å²) in [7, 11) is 1.64. The molecule has 1 aromatic heterocycles. The molecule has 6 heteroatoms. The van der Waals surface area contributed by atoms with Gasteiger partial charge in [0.15, 0.2) is 0 Å². The number of para-hydroxylation sites is 2. The molecule has 0 aliphatic heterocycles. The number of aromatic nitrogens is 2. The van der Waals surface area contributed by atoms with Crippen LogP contribution in [-0.4, -0.2) is 28.8 Å². The minimum Gasteiger partial charge on any atom is -0.494 e. The number of methoxy groups -OCH3 is 1. The van der Waals surface area contributed by atoms with Gasteiger partial charge in [0.05, 0.1) is 19.2 Å². The summed E-state index contributed by atoms with van der Waals surface area (Å²) in [6, 6.07) is 7.62. The van der Waals surface area contributed by atoms with Gasteiger partial charge in [0.1, 0.15) is 11.4 Å². The Morgan fingerprint density at radius 3 is 2.92 bits per heavy atom. The van der Waals surface area contributed by atoms with Crippen LogP contribution >= 0.6 is 0 Å². The second kappa shape index (κ2) is 6.37. The highest BCUT2D eigenvalue weighted by Gasteiger charge is 2.46. The molecule has 2 aliphatic rings. The Hall–Kier alpha value is -2.60. The number of fused-ring (bicyclic) bond motifs is 2. The molecule has 0 radical (unpaired) electrons. The van der Waals surface area contributed by atoms with Gasteiger partial charge in [-0.3, -0.25) is 4.79 Å². The first-order valence-electron chi connectivity index (χ1n) is 8.56. The van der Waals surface area contributed by atoms with E-state index in [1.807, 2.05) is 30.5 Å². The molecule has 1 saturated carbocycles. The van der Waals surface area contributed by atoms with E-state index < -0.39 is 0 Å². The zero-order valence-electron chi connectivity index (χ0n) is 14.1. The molecule has 0 spiro atoms. The summed E-state index contributed by atoms with van der Waals surface area (Å²) in [5.41, 5.74) is 8.00. The van der Waals surface area contributed by atoms with Crippen molar-refractivity contribution < 1.29 is 9.53 Å². The fourth-order valence-electron chi connectivity index (χ4n) is 3.94. The second-order valence-corrected chi connectivity index (χ2v) is 6.73. The summed E-state index contributed by atoms with van der Waals surface area (Å²) in [6.07, 6.45) is 8.95. The van der Waals surface area contributed by atoms with E-state index >= 15 is 0 Å². The summed E-state index contributed by atoms with van der Waals surface area (Å²) in [6.45, 7) is 0.443.